The second-order valence-corrected chi connectivity index (χ2v) is 5.48. The number of hydrogen-bond acceptors (Lipinski definition) is 3. The number of hydrogen-bond donors (Lipinski definition) is 1. The lowest BCUT2D eigenvalue weighted by Crippen LogP contribution is -1.99. The molecule has 0 spiro atoms. The van der Waals surface area contributed by atoms with E-state index in [4.69, 9.17) is 5.26 Å². The number of pyridine rings is 1. The predicted octanol–water partition coefficient (Wildman–Crippen LogP) is 4.53. The zero-order chi connectivity index (χ0) is 13.1. The molecule has 90 valence electrons. The fourth-order valence-electron chi connectivity index (χ4n) is 1.52. The quantitative estimate of drug-likeness (QED) is 0.849. The fraction of sp³-hybridized carbons (Fsp3) is 0.0769. The number of anilines is 2. The number of rotatable bonds is 2. The predicted molar refractivity (Wildman–Crippen MR) is 78.8 cm³/mol. The van der Waals surface area contributed by atoms with Gasteiger partial charge in [-0.2, -0.15) is 5.26 Å². The smallest absolute Gasteiger partial charge is 0.148 e. The summed E-state index contributed by atoms with van der Waals surface area (Å²) >= 11 is 6.87. The molecule has 0 aliphatic heterocycles. The SMILES string of the molecule is Cc1ccnc(Nc2cc(Br)ccc2Br)c1C#N. The fourth-order valence-corrected chi connectivity index (χ4v) is 2.22. The first-order valence-corrected chi connectivity index (χ1v) is 6.78. The van der Waals surface area contributed by atoms with Crippen molar-refractivity contribution in [3.63, 3.8) is 0 Å². The number of nitrogens with zero attached hydrogens (tertiary/aromatic N) is 2. The van der Waals surface area contributed by atoms with Crippen LogP contribution in [0.15, 0.2) is 39.4 Å². The van der Waals surface area contributed by atoms with Crippen LogP contribution in [0.25, 0.3) is 0 Å². The zero-order valence-corrected chi connectivity index (χ0v) is 12.7. The molecular formula is C13H9Br2N3. The molecule has 1 aromatic carbocycles. The number of nitrogens with one attached hydrogen (secondary N) is 1. The highest BCUT2D eigenvalue weighted by Gasteiger charge is 2.08. The molecule has 0 fully saturated rings. The van der Waals surface area contributed by atoms with Gasteiger partial charge >= 0.3 is 0 Å². The van der Waals surface area contributed by atoms with Crippen molar-refractivity contribution in [1.82, 2.24) is 4.98 Å². The third-order valence-electron chi connectivity index (χ3n) is 2.45. The minimum absolute atomic E-state index is 0.560. The Morgan fingerprint density at radius 1 is 1.28 bits per heavy atom. The van der Waals surface area contributed by atoms with Gasteiger partial charge in [-0.05, 0) is 52.7 Å². The molecule has 1 aromatic heterocycles. The number of aryl methyl sites for hydroxylation is 1. The van der Waals surface area contributed by atoms with Crippen LogP contribution < -0.4 is 5.32 Å². The maximum atomic E-state index is 9.15. The summed E-state index contributed by atoms with van der Waals surface area (Å²) in [4.78, 5) is 4.21. The van der Waals surface area contributed by atoms with E-state index in [1.165, 1.54) is 0 Å². The maximum Gasteiger partial charge on any atom is 0.148 e. The lowest BCUT2D eigenvalue weighted by atomic mass is 10.1. The third kappa shape index (κ3) is 2.71. The van der Waals surface area contributed by atoms with Gasteiger partial charge in [0.25, 0.3) is 0 Å². The summed E-state index contributed by atoms with van der Waals surface area (Å²) in [6, 6.07) is 9.77. The summed E-state index contributed by atoms with van der Waals surface area (Å²) in [7, 11) is 0. The monoisotopic (exact) mass is 365 g/mol. The lowest BCUT2D eigenvalue weighted by molar-refractivity contribution is 1.24. The highest BCUT2D eigenvalue weighted by Crippen LogP contribution is 2.29. The Morgan fingerprint density at radius 3 is 2.78 bits per heavy atom. The topological polar surface area (TPSA) is 48.7 Å². The molecule has 0 saturated heterocycles. The summed E-state index contributed by atoms with van der Waals surface area (Å²) in [5.74, 6) is 0.566. The first kappa shape index (κ1) is 13.1. The Bertz CT molecular complexity index is 633. The summed E-state index contributed by atoms with van der Waals surface area (Å²) < 4.78 is 1.87. The van der Waals surface area contributed by atoms with E-state index in [-0.39, 0.29) is 0 Å². The molecule has 1 N–H and O–H groups in total. The second kappa shape index (κ2) is 5.51. The van der Waals surface area contributed by atoms with E-state index in [0.29, 0.717) is 11.4 Å². The third-order valence-corrected chi connectivity index (χ3v) is 3.64. The van der Waals surface area contributed by atoms with Gasteiger partial charge in [-0.25, -0.2) is 4.98 Å². The van der Waals surface area contributed by atoms with Gasteiger partial charge < -0.3 is 5.32 Å². The molecule has 0 aliphatic carbocycles. The molecule has 2 aromatic rings. The van der Waals surface area contributed by atoms with E-state index in [2.05, 4.69) is 48.2 Å². The van der Waals surface area contributed by atoms with Gasteiger partial charge in [0.1, 0.15) is 11.9 Å². The number of aromatic nitrogens is 1. The molecule has 0 atom stereocenters. The molecule has 0 saturated carbocycles. The minimum Gasteiger partial charge on any atom is -0.338 e. The lowest BCUT2D eigenvalue weighted by Gasteiger charge is -2.10. The molecule has 0 unspecified atom stereocenters. The van der Waals surface area contributed by atoms with Crippen molar-refractivity contribution < 1.29 is 0 Å². The molecule has 0 aliphatic rings. The Balaban J connectivity index is 2.44. The first-order chi connectivity index (χ1) is 8.61. The normalized spacial score (nSPS) is 9.89. The van der Waals surface area contributed by atoms with Crippen LogP contribution in [-0.2, 0) is 0 Å². The van der Waals surface area contributed by atoms with Crippen molar-refractivity contribution in [3.05, 3.63) is 50.5 Å². The second-order valence-electron chi connectivity index (χ2n) is 3.71. The standard InChI is InChI=1S/C13H9Br2N3/c1-8-4-5-17-13(10(8)7-16)18-12-6-9(14)2-3-11(12)15/h2-6H,1H3,(H,17,18). The van der Waals surface area contributed by atoms with E-state index in [0.717, 1.165) is 20.2 Å². The Kier molecular flexibility index (Phi) is 4.00. The van der Waals surface area contributed by atoms with Crippen LogP contribution in [0, 0.1) is 18.3 Å². The largest absolute Gasteiger partial charge is 0.338 e. The van der Waals surface area contributed by atoms with E-state index < -0.39 is 0 Å². The molecule has 0 radical (unpaired) electrons. The van der Waals surface area contributed by atoms with Crippen molar-refractivity contribution in [2.24, 2.45) is 0 Å². The molecule has 3 nitrogen and oxygen atoms in total. The Labute approximate surface area is 122 Å². The van der Waals surface area contributed by atoms with Gasteiger partial charge in [0.05, 0.1) is 11.3 Å². The molecular weight excluding hydrogens is 358 g/mol. The summed E-state index contributed by atoms with van der Waals surface area (Å²) in [5.41, 5.74) is 2.32. The van der Waals surface area contributed by atoms with Gasteiger partial charge in [-0.3, -0.25) is 0 Å². The maximum absolute atomic E-state index is 9.15. The highest BCUT2D eigenvalue weighted by molar-refractivity contribution is 9.11. The average molecular weight is 367 g/mol. The van der Waals surface area contributed by atoms with Gasteiger partial charge in [-0.1, -0.05) is 15.9 Å². The number of benzene rings is 1. The van der Waals surface area contributed by atoms with Crippen molar-refractivity contribution in [2.45, 2.75) is 6.92 Å². The average Bonchev–Trinajstić information content (AvgIpc) is 2.34. The Morgan fingerprint density at radius 2 is 2.06 bits per heavy atom. The molecule has 5 heteroatoms. The van der Waals surface area contributed by atoms with Gasteiger partial charge in [0.15, 0.2) is 0 Å². The molecule has 0 bridgehead atoms. The molecule has 18 heavy (non-hydrogen) atoms. The van der Waals surface area contributed by atoms with E-state index in [1.54, 1.807) is 6.20 Å². The zero-order valence-electron chi connectivity index (χ0n) is 9.54. The van der Waals surface area contributed by atoms with Crippen molar-refractivity contribution in [3.8, 4) is 6.07 Å². The van der Waals surface area contributed by atoms with Crippen LogP contribution in [0.5, 0.6) is 0 Å². The van der Waals surface area contributed by atoms with Crippen LogP contribution in [0.1, 0.15) is 11.1 Å². The van der Waals surface area contributed by atoms with Crippen LogP contribution in [-0.4, -0.2) is 4.98 Å². The van der Waals surface area contributed by atoms with Crippen molar-refractivity contribution in [2.75, 3.05) is 5.32 Å². The van der Waals surface area contributed by atoms with Gasteiger partial charge in [0, 0.05) is 15.1 Å². The van der Waals surface area contributed by atoms with Gasteiger partial charge in [0.2, 0.25) is 0 Å². The first-order valence-electron chi connectivity index (χ1n) is 5.19. The van der Waals surface area contributed by atoms with Crippen molar-refractivity contribution in [1.29, 1.82) is 5.26 Å². The van der Waals surface area contributed by atoms with E-state index in [9.17, 15) is 0 Å². The number of halogens is 2. The van der Waals surface area contributed by atoms with E-state index >= 15 is 0 Å². The molecule has 1 heterocycles. The molecule has 2 rings (SSSR count). The summed E-state index contributed by atoms with van der Waals surface area (Å²) in [6.45, 7) is 1.89. The van der Waals surface area contributed by atoms with Gasteiger partial charge in [-0.15, -0.1) is 0 Å². The highest BCUT2D eigenvalue weighted by atomic mass is 79.9. The number of nitriles is 1. The van der Waals surface area contributed by atoms with Crippen LogP contribution >= 0.6 is 31.9 Å². The van der Waals surface area contributed by atoms with Crippen LogP contribution in [0.3, 0.4) is 0 Å². The molecule has 0 amide bonds. The van der Waals surface area contributed by atoms with Crippen LogP contribution in [0.4, 0.5) is 11.5 Å². The van der Waals surface area contributed by atoms with E-state index in [1.807, 2.05) is 31.2 Å². The minimum atomic E-state index is 0.560. The summed E-state index contributed by atoms with van der Waals surface area (Å²) in [5, 5.41) is 12.3. The van der Waals surface area contributed by atoms with Crippen LogP contribution in [0.2, 0.25) is 0 Å². The van der Waals surface area contributed by atoms with Crippen molar-refractivity contribution >= 4 is 43.4 Å². The summed E-state index contributed by atoms with van der Waals surface area (Å²) in [6.07, 6.45) is 1.68. The Hall–Kier alpha value is -1.38.